The van der Waals surface area contributed by atoms with Gasteiger partial charge in [-0.15, -0.1) is 0 Å². The molecule has 27 heavy (non-hydrogen) atoms. The molecule has 1 atom stereocenters. The molecule has 2 aromatic rings. The van der Waals surface area contributed by atoms with Crippen molar-refractivity contribution in [2.24, 2.45) is 0 Å². The van der Waals surface area contributed by atoms with Gasteiger partial charge in [0.2, 0.25) is 5.91 Å². The molecule has 0 radical (unpaired) electrons. The highest BCUT2D eigenvalue weighted by Gasteiger charge is 2.24. The van der Waals surface area contributed by atoms with E-state index in [0.29, 0.717) is 30.7 Å². The number of amides is 2. The average Bonchev–Trinajstić information content (AvgIpc) is 3.27. The first kappa shape index (κ1) is 18.6. The fourth-order valence-corrected chi connectivity index (χ4v) is 2.85. The van der Waals surface area contributed by atoms with E-state index in [9.17, 15) is 14.4 Å². The van der Waals surface area contributed by atoms with Crippen molar-refractivity contribution in [3.63, 3.8) is 0 Å². The second-order valence-corrected chi connectivity index (χ2v) is 6.31. The lowest BCUT2D eigenvalue weighted by Crippen LogP contribution is -2.32. The summed E-state index contributed by atoms with van der Waals surface area (Å²) in [5.41, 5.74) is 1.06. The molecule has 1 N–H and O–H groups in total. The molecule has 0 saturated carbocycles. The summed E-state index contributed by atoms with van der Waals surface area (Å²) < 4.78 is 10.2. The van der Waals surface area contributed by atoms with E-state index in [2.05, 4.69) is 10.5 Å². The summed E-state index contributed by atoms with van der Waals surface area (Å²) in [6.45, 7) is 4.13. The standard InChI is InChI=1S/C19H21N3O5/c1-3-15(18(24)20-16-11-12(2)27-21-16)26-19(25)13-6-8-14(9-7-13)22-10-4-5-17(22)23/h6-9,11,15H,3-5,10H2,1-2H3,(H,20,21,24). The minimum absolute atomic E-state index is 0.0798. The van der Waals surface area contributed by atoms with Crippen molar-refractivity contribution in [3.8, 4) is 0 Å². The molecule has 0 aliphatic carbocycles. The molecule has 1 fully saturated rings. The third kappa shape index (κ3) is 4.33. The summed E-state index contributed by atoms with van der Waals surface area (Å²) in [5.74, 6) is -0.166. The van der Waals surface area contributed by atoms with Crippen LogP contribution in [0.2, 0.25) is 0 Å². The number of aromatic nitrogens is 1. The van der Waals surface area contributed by atoms with Gasteiger partial charge in [0, 0.05) is 24.7 Å². The Labute approximate surface area is 156 Å². The number of aryl methyl sites for hydroxylation is 1. The molecular weight excluding hydrogens is 350 g/mol. The predicted molar refractivity (Wildman–Crippen MR) is 97.4 cm³/mol. The van der Waals surface area contributed by atoms with Crippen LogP contribution in [0.1, 0.15) is 42.3 Å². The number of benzene rings is 1. The number of hydrogen-bond donors (Lipinski definition) is 1. The van der Waals surface area contributed by atoms with Gasteiger partial charge in [0.25, 0.3) is 5.91 Å². The summed E-state index contributed by atoms with van der Waals surface area (Å²) in [6, 6.07) is 8.17. The van der Waals surface area contributed by atoms with Crippen LogP contribution in [0.25, 0.3) is 0 Å². The van der Waals surface area contributed by atoms with Gasteiger partial charge in [0.15, 0.2) is 11.9 Å². The van der Waals surface area contributed by atoms with Gasteiger partial charge >= 0.3 is 5.97 Å². The zero-order chi connectivity index (χ0) is 19.4. The summed E-state index contributed by atoms with van der Waals surface area (Å²) >= 11 is 0. The molecular formula is C19H21N3O5. The molecule has 2 heterocycles. The Bertz CT molecular complexity index is 843. The number of rotatable bonds is 6. The number of carbonyl (C=O) groups excluding carboxylic acids is 3. The lowest BCUT2D eigenvalue weighted by molar-refractivity contribution is -0.124. The molecule has 3 rings (SSSR count). The van der Waals surface area contributed by atoms with Crippen molar-refractivity contribution in [3.05, 3.63) is 41.7 Å². The molecule has 8 heteroatoms. The Morgan fingerprint density at radius 2 is 2.07 bits per heavy atom. The minimum atomic E-state index is -0.950. The Hall–Kier alpha value is -3.16. The van der Waals surface area contributed by atoms with Gasteiger partial charge in [-0.1, -0.05) is 12.1 Å². The van der Waals surface area contributed by atoms with Crippen LogP contribution in [-0.4, -0.2) is 35.6 Å². The largest absolute Gasteiger partial charge is 0.449 e. The number of nitrogens with one attached hydrogen (secondary N) is 1. The van der Waals surface area contributed by atoms with E-state index in [4.69, 9.17) is 9.26 Å². The lowest BCUT2D eigenvalue weighted by atomic mass is 10.2. The molecule has 0 spiro atoms. The number of esters is 1. The van der Waals surface area contributed by atoms with Gasteiger partial charge < -0.3 is 19.5 Å². The molecule has 8 nitrogen and oxygen atoms in total. The SMILES string of the molecule is CCC(OC(=O)c1ccc(N2CCCC2=O)cc1)C(=O)Nc1cc(C)on1. The first-order chi connectivity index (χ1) is 13.0. The number of carbonyl (C=O) groups is 3. The average molecular weight is 371 g/mol. The van der Waals surface area contributed by atoms with Crippen LogP contribution in [0.4, 0.5) is 11.5 Å². The van der Waals surface area contributed by atoms with Crippen LogP contribution in [0.15, 0.2) is 34.9 Å². The molecule has 1 unspecified atom stereocenters. The molecule has 1 aliphatic rings. The number of nitrogens with zero attached hydrogens (tertiary/aromatic N) is 2. The molecule has 0 bridgehead atoms. The highest BCUT2D eigenvalue weighted by molar-refractivity contribution is 5.98. The van der Waals surface area contributed by atoms with Crippen molar-refractivity contribution in [2.45, 2.75) is 39.2 Å². The normalized spacial score (nSPS) is 14.9. The molecule has 1 aromatic heterocycles. The maximum atomic E-state index is 12.4. The maximum Gasteiger partial charge on any atom is 0.338 e. The predicted octanol–water partition coefficient (Wildman–Crippen LogP) is 2.68. The van der Waals surface area contributed by atoms with Crippen molar-refractivity contribution < 1.29 is 23.6 Å². The van der Waals surface area contributed by atoms with Gasteiger partial charge in [-0.2, -0.15) is 0 Å². The van der Waals surface area contributed by atoms with E-state index in [0.717, 1.165) is 12.1 Å². The monoisotopic (exact) mass is 371 g/mol. The van der Waals surface area contributed by atoms with Crippen molar-refractivity contribution >= 4 is 29.3 Å². The number of ether oxygens (including phenoxy) is 1. The number of hydrogen-bond acceptors (Lipinski definition) is 6. The van der Waals surface area contributed by atoms with Crippen molar-refractivity contribution in [1.29, 1.82) is 0 Å². The van der Waals surface area contributed by atoms with E-state index in [1.54, 1.807) is 49.1 Å². The van der Waals surface area contributed by atoms with Crippen molar-refractivity contribution in [2.75, 3.05) is 16.8 Å². The fourth-order valence-electron chi connectivity index (χ4n) is 2.85. The first-order valence-corrected chi connectivity index (χ1v) is 8.83. The van der Waals surface area contributed by atoms with Crippen LogP contribution in [0, 0.1) is 6.92 Å². The molecule has 1 aliphatic heterocycles. The summed E-state index contributed by atoms with van der Waals surface area (Å²) in [6.07, 6.45) is 0.743. The second kappa shape index (κ2) is 8.03. The molecule has 1 saturated heterocycles. The zero-order valence-corrected chi connectivity index (χ0v) is 15.2. The minimum Gasteiger partial charge on any atom is -0.449 e. The van der Waals surface area contributed by atoms with E-state index < -0.39 is 18.0 Å². The van der Waals surface area contributed by atoms with E-state index in [1.165, 1.54) is 0 Å². The second-order valence-electron chi connectivity index (χ2n) is 6.31. The summed E-state index contributed by atoms with van der Waals surface area (Å²) in [7, 11) is 0. The highest BCUT2D eigenvalue weighted by atomic mass is 16.5. The van der Waals surface area contributed by atoms with Crippen LogP contribution < -0.4 is 10.2 Å². The van der Waals surface area contributed by atoms with Gasteiger partial charge in [0.1, 0.15) is 5.76 Å². The Kier molecular flexibility index (Phi) is 5.54. The topological polar surface area (TPSA) is 102 Å². The quantitative estimate of drug-likeness (QED) is 0.784. The lowest BCUT2D eigenvalue weighted by Gasteiger charge is -2.17. The zero-order valence-electron chi connectivity index (χ0n) is 15.2. The smallest absolute Gasteiger partial charge is 0.338 e. The first-order valence-electron chi connectivity index (χ1n) is 8.83. The van der Waals surface area contributed by atoms with Gasteiger partial charge in [0.05, 0.1) is 5.56 Å². The summed E-state index contributed by atoms with van der Waals surface area (Å²) in [4.78, 5) is 38.1. The van der Waals surface area contributed by atoms with E-state index in [1.807, 2.05) is 0 Å². The van der Waals surface area contributed by atoms with Crippen LogP contribution in [-0.2, 0) is 14.3 Å². The van der Waals surface area contributed by atoms with Gasteiger partial charge in [-0.05, 0) is 44.0 Å². The van der Waals surface area contributed by atoms with Gasteiger partial charge in [-0.3, -0.25) is 9.59 Å². The van der Waals surface area contributed by atoms with Crippen LogP contribution >= 0.6 is 0 Å². The van der Waals surface area contributed by atoms with E-state index in [-0.39, 0.29) is 11.7 Å². The third-order valence-electron chi connectivity index (χ3n) is 4.28. The summed E-state index contributed by atoms with van der Waals surface area (Å²) in [5, 5.41) is 6.24. The highest BCUT2D eigenvalue weighted by Crippen LogP contribution is 2.22. The fraction of sp³-hybridized carbons (Fsp3) is 0.368. The molecule has 1 aromatic carbocycles. The maximum absolute atomic E-state index is 12.4. The van der Waals surface area contributed by atoms with Gasteiger partial charge in [-0.25, -0.2) is 4.79 Å². The van der Waals surface area contributed by atoms with Crippen LogP contribution in [0.5, 0.6) is 0 Å². The third-order valence-corrected chi connectivity index (χ3v) is 4.28. The Balaban J connectivity index is 1.62. The number of anilines is 2. The Morgan fingerprint density at radius 3 is 2.63 bits per heavy atom. The molecule has 2 amide bonds. The van der Waals surface area contributed by atoms with Crippen molar-refractivity contribution in [1.82, 2.24) is 5.16 Å². The Morgan fingerprint density at radius 1 is 1.33 bits per heavy atom. The van der Waals surface area contributed by atoms with E-state index >= 15 is 0 Å². The van der Waals surface area contributed by atoms with Crippen LogP contribution in [0.3, 0.4) is 0 Å². The molecule has 142 valence electrons.